The van der Waals surface area contributed by atoms with E-state index in [9.17, 15) is 4.79 Å². The van der Waals surface area contributed by atoms with Gasteiger partial charge in [-0.15, -0.1) is 0 Å². The molecule has 0 rings (SSSR count). The van der Waals surface area contributed by atoms with E-state index >= 15 is 0 Å². The van der Waals surface area contributed by atoms with Gasteiger partial charge in [0.05, 0.1) is 5.25 Å². The lowest BCUT2D eigenvalue weighted by atomic mass is 10.3. The zero-order valence-electron chi connectivity index (χ0n) is 5.60. The van der Waals surface area contributed by atoms with Gasteiger partial charge in [-0.2, -0.15) is 12.6 Å². The number of hydrogen-bond acceptors (Lipinski definition) is 2. The summed E-state index contributed by atoms with van der Waals surface area (Å²) in [6.45, 7) is 1.72. The molecule has 0 saturated heterocycles. The van der Waals surface area contributed by atoms with Crippen LogP contribution in [0.5, 0.6) is 0 Å². The molecular formula is C6H9ClNOS. The first-order chi connectivity index (χ1) is 4.54. The Labute approximate surface area is 70.8 Å². The van der Waals surface area contributed by atoms with Gasteiger partial charge in [0.15, 0.2) is 0 Å². The van der Waals surface area contributed by atoms with E-state index in [0.29, 0.717) is 11.5 Å². The van der Waals surface area contributed by atoms with Crippen LogP contribution < -0.4 is 5.73 Å². The Balaban J connectivity index is 3.70. The number of hydrogen-bond donors (Lipinski definition) is 1. The van der Waals surface area contributed by atoms with Crippen molar-refractivity contribution >= 4 is 30.1 Å². The molecule has 0 heterocycles. The lowest BCUT2D eigenvalue weighted by Gasteiger charge is -1.99. The minimum absolute atomic E-state index is 0.431. The molecule has 4 heteroatoms. The average molecular weight is 179 g/mol. The third kappa shape index (κ3) is 4.70. The largest absolute Gasteiger partial charge is 0.272 e. The molecule has 1 unspecified atom stereocenters. The molecule has 10 heavy (non-hydrogen) atoms. The fraction of sp³-hybridized carbons (Fsp3) is 0.500. The van der Waals surface area contributed by atoms with E-state index in [4.69, 9.17) is 17.3 Å². The Morgan fingerprint density at radius 1 is 1.90 bits per heavy atom. The Hall–Kier alpha value is -0.150. The summed E-state index contributed by atoms with van der Waals surface area (Å²) < 4.78 is 0. The van der Waals surface area contributed by atoms with Crippen LogP contribution in [0.25, 0.3) is 0 Å². The number of carbonyl (C=O) groups excluding carboxylic acids is 1. The summed E-state index contributed by atoms with van der Waals surface area (Å²) >= 11 is 9.34. The molecule has 0 aliphatic carbocycles. The molecule has 1 N–H and O–H groups in total. The van der Waals surface area contributed by atoms with Crippen molar-refractivity contribution in [2.75, 3.05) is 0 Å². The van der Waals surface area contributed by atoms with Crippen LogP contribution in [0.15, 0.2) is 11.1 Å². The van der Waals surface area contributed by atoms with E-state index in [-0.39, 0.29) is 0 Å². The number of thiol groups is 1. The van der Waals surface area contributed by atoms with Gasteiger partial charge in [0.1, 0.15) is 0 Å². The van der Waals surface area contributed by atoms with Gasteiger partial charge in [0, 0.05) is 5.03 Å². The summed E-state index contributed by atoms with van der Waals surface area (Å²) in [7, 11) is 0. The lowest BCUT2D eigenvalue weighted by Crippen LogP contribution is -2.13. The van der Waals surface area contributed by atoms with Crippen molar-refractivity contribution < 1.29 is 4.79 Å². The minimum Gasteiger partial charge on any atom is -0.272 e. The Bertz CT molecular complexity index is 154. The first kappa shape index (κ1) is 9.85. The molecule has 0 aromatic heterocycles. The SMILES string of the molecule is C/C(Cl)=C/CC(S)C([NH])=O. The fourth-order valence-electron chi connectivity index (χ4n) is 0.381. The number of allylic oxidation sites excluding steroid dienone is 2. The molecule has 0 aliphatic heterocycles. The quantitative estimate of drug-likeness (QED) is 0.656. The molecule has 1 radical (unpaired) electrons. The van der Waals surface area contributed by atoms with Crippen LogP contribution in [0.4, 0.5) is 0 Å². The van der Waals surface area contributed by atoms with Crippen LogP contribution >= 0.6 is 24.2 Å². The van der Waals surface area contributed by atoms with Crippen LogP contribution in [0, 0.1) is 0 Å². The summed E-state index contributed by atoms with van der Waals surface area (Å²) in [5.41, 5.74) is 6.64. The standard InChI is InChI=1S/C6H9ClNOS/c1-4(7)2-3-5(10)6(8)9/h2,5,8,10H,3H2,1H3/b4-2-. The van der Waals surface area contributed by atoms with Crippen LogP contribution in [0.2, 0.25) is 0 Å². The van der Waals surface area contributed by atoms with E-state index in [1.165, 1.54) is 0 Å². The van der Waals surface area contributed by atoms with Gasteiger partial charge in [-0.3, -0.25) is 10.5 Å². The smallest absolute Gasteiger partial charge is 0.251 e. The topological polar surface area (TPSA) is 40.9 Å². The first-order valence-electron chi connectivity index (χ1n) is 2.80. The minimum atomic E-state index is -0.669. The van der Waals surface area contributed by atoms with Crippen molar-refractivity contribution in [1.82, 2.24) is 5.73 Å². The van der Waals surface area contributed by atoms with Crippen LogP contribution in [0.3, 0.4) is 0 Å². The maximum atomic E-state index is 10.3. The summed E-state index contributed by atoms with van der Waals surface area (Å²) in [5, 5.41) is 0.0917. The van der Waals surface area contributed by atoms with E-state index in [2.05, 4.69) is 12.6 Å². The van der Waals surface area contributed by atoms with E-state index in [0.717, 1.165) is 0 Å². The van der Waals surface area contributed by atoms with Gasteiger partial charge in [0.2, 0.25) is 0 Å². The van der Waals surface area contributed by atoms with Gasteiger partial charge < -0.3 is 0 Å². The second kappa shape index (κ2) is 4.63. The molecule has 0 bridgehead atoms. The second-order valence-electron chi connectivity index (χ2n) is 1.91. The third-order valence-corrected chi connectivity index (χ3v) is 1.52. The van der Waals surface area contributed by atoms with Gasteiger partial charge in [-0.05, 0) is 13.3 Å². The molecule has 0 aliphatic rings. The van der Waals surface area contributed by atoms with E-state index in [1.807, 2.05) is 0 Å². The highest BCUT2D eigenvalue weighted by Crippen LogP contribution is 2.06. The zero-order chi connectivity index (χ0) is 8.15. The number of halogens is 1. The lowest BCUT2D eigenvalue weighted by molar-refractivity contribution is -0.118. The molecular weight excluding hydrogens is 170 g/mol. The average Bonchev–Trinajstić information content (AvgIpc) is 1.82. The Morgan fingerprint density at radius 2 is 2.40 bits per heavy atom. The molecule has 0 spiro atoms. The van der Waals surface area contributed by atoms with Gasteiger partial charge in [0.25, 0.3) is 5.91 Å². The zero-order valence-corrected chi connectivity index (χ0v) is 7.25. The van der Waals surface area contributed by atoms with Crippen LogP contribution in [-0.4, -0.2) is 11.2 Å². The molecule has 1 amide bonds. The van der Waals surface area contributed by atoms with Gasteiger partial charge >= 0.3 is 0 Å². The summed E-state index contributed by atoms with van der Waals surface area (Å²) in [4.78, 5) is 10.3. The number of nitrogens with one attached hydrogen (secondary N) is 1. The number of amides is 1. The van der Waals surface area contributed by atoms with Crippen molar-refractivity contribution in [3.63, 3.8) is 0 Å². The predicted molar refractivity (Wildman–Crippen MR) is 45.1 cm³/mol. The highest BCUT2D eigenvalue weighted by Gasteiger charge is 2.07. The molecule has 0 saturated carbocycles. The third-order valence-electron chi connectivity index (χ3n) is 0.925. The van der Waals surface area contributed by atoms with E-state index in [1.54, 1.807) is 13.0 Å². The Kier molecular flexibility index (Phi) is 4.56. The molecule has 2 nitrogen and oxygen atoms in total. The van der Waals surface area contributed by atoms with Crippen molar-refractivity contribution in [2.45, 2.75) is 18.6 Å². The molecule has 0 fully saturated rings. The van der Waals surface area contributed by atoms with Crippen LogP contribution in [0.1, 0.15) is 13.3 Å². The van der Waals surface area contributed by atoms with E-state index < -0.39 is 11.2 Å². The Morgan fingerprint density at radius 3 is 2.70 bits per heavy atom. The molecule has 57 valence electrons. The maximum Gasteiger partial charge on any atom is 0.251 e. The first-order valence-corrected chi connectivity index (χ1v) is 3.69. The van der Waals surface area contributed by atoms with Crippen molar-refractivity contribution in [1.29, 1.82) is 0 Å². The van der Waals surface area contributed by atoms with Gasteiger partial charge in [-0.1, -0.05) is 17.7 Å². The summed E-state index contributed by atoms with van der Waals surface area (Å²) in [6.07, 6.45) is 2.10. The van der Waals surface area contributed by atoms with Gasteiger partial charge in [-0.25, -0.2) is 0 Å². The van der Waals surface area contributed by atoms with Crippen molar-refractivity contribution in [3.05, 3.63) is 11.1 Å². The highest BCUT2D eigenvalue weighted by atomic mass is 35.5. The molecule has 0 aromatic rings. The predicted octanol–water partition coefficient (Wildman–Crippen LogP) is 1.63. The maximum absolute atomic E-state index is 10.3. The number of carbonyl (C=O) groups is 1. The number of rotatable bonds is 3. The summed E-state index contributed by atoms with van der Waals surface area (Å²) in [6, 6.07) is 0. The normalized spacial score (nSPS) is 14.9. The van der Waals surface area contributed by atoms with Crippen molar-refractivity contribution in [2.24, 2.45) is 0 Å². The second-order valence-corrected chi connectivity index (χ2v) is 3.13. The monoisotopic (exact) mass is 178 g/mol. The fourth-order valence-corrected chi connectivity index (χ4v) is 0.576. The summed E-state index contributed by atoms with van der Waals surface area (Å²) in [5.74, 6) is -0.669. The highest BCUT2D eigenvalue weighted by molar-refractivity contribution is 7.81. The van der Waals surface area contributed by atoms with Crippen molar-refractivity contribution in [3.8, 4) is 0 Å². The molecule has 1 atom stereocenters. The van der Waals surface area contributed by atoms with Crippen LogP contribution in [-0.2, 0) is 4.79 Å². The molecule has 0 aromatic carbocycles.